The van der Waals surface area contributed by atoms with Gasteiger partial charge in [-0.25, -0.2) is 0 Å². The number of likely N-dealkylation sites (N-methyl/N-ethyl adjacent to an activating group) is 1. The predicted molar refractivity (Wildman–Crippen MR) is 297 cm³/mol. The number of aliphatic hydroxyl groups is 1. The Hall–Kier alpha value is -2.32. The zero-order valence-electron chi connectivity index (χ0n) is 45.5. The second-order valence-electron chi connectivity index (χ2n) is 20.3. The summed E-state index contributed by atoms with van der Waals surface area (Å²) in [5.74, 6) is -0.227. The first-order valence-electron chi connectivity index (χ1n) is 28.4. The van der Waals surface area contributed by atoms with Crippen molar-refractivity contribution in [2.24, 2.45) is 0 Å². The van der Waals surface area contributed by atoms with Crippen molar-refractivity contribution in [2.75, 3.05) is 40.9 Å². The molecule has 2 N–H and O–H groups in total. The summed E-state index contributed by atoms with van der Waals surface area (Å²) in [6, 6.07) is -0.920. The average Bonchev–Trinajstić information content (AvgIpc) is 3.31. The van der Waals surface area contributed by atoms with E-state index in [1.165, 1.54) is 128 Å². The summed E-state index contributed by atoms with van der Waals surface area (Å²) in [6.45, 7) is 4.51. The van der Waals surface area contributed by atoms with Crippen LogP contribution >= 0.6 is 7.82 Å². The van der Waals surface area contributed by atoms with Crippen LogP contribution in [0.25, 0.3) is 0 Å². The minimum absolute atomic E-state index is 0.0147. The first-order valence-corrected chi connectivity index (χ1v) is 29.9. The number of amides is 1. The SMILES string of the molecule is CC/C=C\C/C=C\C/C=C\C/C=C\C/C=C\CCCCCCCC(=O)NC(COP(=O)([O-])OCC[N+](C)(C)C)C(O)/C=C/CC/C=C/CCCCCCCCCCCCCCCCCCCCCC. The Labute approximate surface area is 426 Å². The maximum absolute atomic E-state index is 12.9. The Kier molecular flexibility index (Phi) is 48.9. The van der Waals surface area contributed by atoms with Crippen LogP contribution in [0, 0.1) is 0 Å². The van der Waals surface area contributed by atoms with Crippen LogP contribution in [0.15, 0.2) is 85.1 Å². The minimum Gasteiger partial charge on any atom is -0.756 e. The molecule has 0 aliphatic rings. The van der Waals surface area contributed by atoms with Crippen LogP contribution in [0.5, 0.6) is 0 Å². The highest BCUT2D eigenvalue weighted by Crippen LogP contribution is 2.38. The second-order valence-corrected chi connectivity index (χ2v) is 21.7. The maximum Gasteiger partial charge on any atom is 0.268 e. The molecule has 0 radical (unpaired) electrons. The topological polar surface area (TPSA) is 108 Å². The molecule has 0 bridgehead atoms. The summed E-state index contributed by atoms with van der Waals surface area (Å²) in [5, 5.41) is 13.9. The number of nitrogens with zero attached hydrogens (tertiary/aromatic N) is 1. The van der Waals surface area contributed by atoms with Gasteiger partial charge in [0.25, 0.3) is 7.82 Å². The second kappa shape index (κ2) is 50.6. The average molecular weight is 986 g/mol. The highest BCUT2D eigenvalue weighted by Gasteiger charge is 2.23. The largest absolute Gasteiger partial charge is 0.756 e. The molecule has 0 aromatic heterocycles. The van der Waals surface area contributed by atoms with Crippen molar-refractivity contribution in [1.82, 2.24) is 5.32 Å². The number of allylic oxidation sites excluding steroid dienone is 13. The summed E-state index contributed by atoms with van der Waals surface area (Å²) < 4.78 is 23.3. The van der Waals surface area contributed by atoms with Gasteiger partial charge in [-0.05, 0) is 77.0 Å². The van der Waals surface area contributed by atoms with E-state index >= 15 is 0 Å². The van der Waals surface area contributed by atoms with E-state index in [2.05, 4.69) is 92.1 Å². The van der Waals surface area contributed by atoms with Gasteiger partial charge in [-0.1, -0.05) is 240 Å². The number of rotatable bonds is 51. The number of phosphoric ester groups is 1. The molecule has 0 heterocycles. The maximum atomic E-state index is 12.9. The molecule has 69 heavy (non-hydrogen) atoms. The van der Waals surface area contributed by atoms with Crippen LogP contribution < -0.4 is 10.2 Å². The van der Waals surface area contributed by atoms with Crippen LogP contribution in [-0.2, 0) is 18.4 Å². The highest BCUT2D eigenvalue weighted by atomic mass is 31.2. The summed E-state index contributed by atoms with van der Waals surface area (Å²) >= 11 is 0. The van der Waals surface area contributed by atoms with Crippen LogP contribution in [0.2, 0.25) is 0 Å². The lowest BCUT2D eigenvalue weighted by molar-refractivity contribution is -0.870. The van der Waals surface area contributed by atoms with E-state index in [0.717, 1.165) is 89.9 Å². The van der Waals surface area contributed by atoms with E-state index in [0.29, 0.717) is 17.4 Å². The van der Waals surface area contributed by atoms with Crippen molar-refractivity contribution < 1.29 is 32.9 Å². The molecule has 0 spiro atoms. The smallest absolute Gasteiger partial charge is 0.268 e. The minimum atomic E-state index is -4.62. The van der Waals surface area contributed by atoms with Gasteiger partial charge in [0.05, 0.1) is 39.9 Å². The van der Waals surface area contributed by atoms with Crippen LogP contribution in [0.1, 0.15) is 239 Å². The van der Waals surface area contributed by atoms with E-state index in [1.54, 1.807) is 6.08 Å². The monoisotopic (exact) mass is 985 g/mol. The Morgan fingerprint density at radius 3 is 1.35 bits per heavy atom. The molecule has 0 saturated carbocycles. The lowest BCUT2D eigenvalue weighted by Crippen LogP contribution is -2.45. The van der Waals surface area contributed by atoms with E-state index < -0.39 is 26.6 Å². The first-order chi connectivity index (χ1) is 33.5. The molecule has 9 heteroatoms. The molecule has 0 aliphatic carbocycles. The quantitative estimate of drug-likeness (QED) is 0.0272. The third-order valence-electron chi connectivity index (χ3n) is 12.3. The molecular weight excluding hydrogens is 876 g/mol. The van der Waals surface area contributed by atoms with Gasteiger partial charge in [0.15, 0.2) is 0 Å². The molecule has 0 fully saturated rings. The summed E-state index contributed by atoms with van der Waals surface area (Å²) in [6.07, 6.45) is 70.9. The van der Waals surface area contributed by atoms with Gasteiger partial charge in [0.1, 0.15) is 13.2 Å². The molecule has 0 aromatic rings. The zero-order valence-corrected chi connectivity index (χ0v) is 46.4. The Morgan fingerprint density at radius 2 is 0.899 bits per heavy atom. The fraction of sp³-hybridized carbons (Fsp3) is 0.750. The fourth-order valence-corrected chi connectivity index (χ4v) is 8.62. The van der Waals surface area contributed by atoms with Crippen molar-refractivity contribution in [3.05, 3.63) is 85.1 Å². The molecule has 0 aromatic carbocycles. The number of carbonyl (C=O) groups is 1. The number of hydrogen-bond acceptors (Lipinski definition) is 6. The summed E-state index contributed by atoms with van der Waals surface area (Å²) in [4.78, 5) is 25.5. The van der Waals surface area contributed by atoms with E-state index in [1.807, 2.05) is 27.2 Å². The third-order valence-corrected chi connectivity index (χ3v) is 13.3. The predicted octanol–water partition coefficient (Wildman–Crippen LogP) is 16.6. The highest BCUT2D eigenvalue weighted by molar-refractivity contribution is 7.45. The standard InChI is InChI=1S/C60H109N2O6P/c1-6-8-10-12-14-16-18-20-22-24-26-28-29-30-31-32-34-35-37-39-41-43-45-47-49-51-53-59(63)58(57-68-69(65,66)67-56-55-62(3,4)5)61-60(64)54-52-50-48-46-44-42-40-38-36-33-27-25-23-21-19-17-15-13-11-9-7-2/h9,11,15,17,21,23,27,33,38,40,43,45,51,53,58-59,63H,6-8,10,12-14,16,18-20,22,24-26,28-32,34-37,39,41-42,44,46-50,52,54-57H2,1-5H3,(H-,61,64,65,66)/b11-9-,17-15-,23-21-,33-27-,40-38-,45-43+,53-51+. The Morgan fingerprint density at radius 1 is 0.522 bits per heavy atom. The van der Waals surface area contributed by atoms with Gasteiger partial charge < -0.3 is 28.8 Å². The van der Waals surface area contributed by atoms with Gasteiger partial charge in [-0.15, -0.1) is 0 Å². The van der Waals surface area contributed by atoms with Crippen molar-refractivity contribution in [3.8, 4) is 0 Å². The number of aliphatic hydroxyl groups excluding tert-OH is 1. The Bertz CT molecular complexity index is 1400. The number of quaternary nitrogens is 1. The number of phosphoric acid groups is 1. The van der Waals surface area contributed by atoms with Gasteiger partial charge in [0, 0.05) is 6.42 Å². The number of unbranched alkanes of at least 4 members (excludes halogenated alkanes) is 26. The van der Waals surface area contributed by atoms with Crippen LogP contribution in [0.3, 0.4) is 0 Å². The molecule has 8 nitrogen and oxygen atoms in total. The van der Waals surface area contributed by atoms with Gasteiger partial charge in [-0.3, -0.25) is 9.36 Å². The van der Waals surface area contributed by atoms with Crippen molar-refractivity contribution >= 4 is 13.7 Å². The normalized spacial score (nSPS) is 14.6. The van der Waals surface area contributed by atoms with Crippen LogP contribution in [0.4, 0.5) is 0 Å². The van der Waals surface area contributed by atoms with Crippen molar-refractivity contribution in [2.45, 2.75) is 251 Å². The molecule has 400 valence electrons. The molecule has 0 aliphatic heterocycles. The molecule has 3 atom stereocenters. The van der Waals surface area contributed by atoms with Crippen LogP contribution in [-0.4, -0.2) is 68.5 Å². The Balaban J connectivity index is 4.32. The number of carbonyl (C=O) groups excluding carboxylic acids is 1. The summed E-state index contributed by atoms with van der Waals surface area (Å²) in [7, 11) is 1.22. The van der Waals surface area contributed by atoms with Gasteiger partial charge in [-0.2, -0.15) is 0 Å². The zero-order chi connectivity index (χ0) is 50.6. The molecule has 1 amide bonds. The van der Waals surface area contributed by atoms with E-state index in [-0.39, 0.29) is 12.5 Å². The van der Waals surface area contributed by atoms with E-state index in [9.17, 15) is 19.4 Å². The van der Waals surface area contributed by atoms with Crippen molar-refractivity contribution in [1.29, 1.82) is 0 Å². The van der Waals surface area contributed by atoms with E-state index in [4.69, 9.17) is 9.05 Å². The van der Waals surface area contributed by atoms with Crippen molar-refractivity contribution in [3.63, 3.8) is 0 Å². The lowest BCUT2D eigenvalue weighted by Gasteiger charge is -2.29. The van der Waals surface area contributed by atoms with Gasteiger partial charge in [0.2, 0.25) is 5.91 Å². The number of nitrogens with one attached hydrogen (secondary N) is 1. The van der Waals surface area contributed by atoms with Gasteiger partial charge >= 0.3 is 0 Å². The number of hydrogen-bond donors (Lipinski definition) is 2. The first kappa shape index (κ1) is 66.7. The molecule has 0 saturated heterocycles. The molecule has 0 rings (SSSR count). The fourth-order valence-electron chi connectivity index (χ4n) is 7.90. The lowest BCUT2D eigenvalue weighted by atomic mass is 10.0. The summed E-state index contributed by atoms with van der Waals surface area (Å²) in [5.41, 5.74) is 0. The molecular formula is C60H109N2O6P. The third kappa shape index (κ3) is 53.3. The molecule has 3 unspecified atom stereocenters.